The Hall–Kier alpha value is -3.62. The van der Waals surface area contributed by atoms with E-state index < -0.39 is 69.2 Å². The van der Waals surface area contributed by atoms with E-state index in [1.165, 1.54) is 0 Å². The van der Waals surface area contributed by atoms with Crippen LogP contribution in [0, 0.1) is 0 Å². The molecule has 0 saturated carbocycles. The lowest BCUT2D eigenvalue weighted by Crippen LogP contribution is -2.33. The maximum atomic E-state index is 12.3. The average molecular weight is 404 g/mol. The van der Waals surface area contributed by atoms with Crippen LogP contribution in [-0.4, -0.2) is 51.2 Å². The van der Waals surface area contributed by atoms with Crippen LogP contribution in [0.25, 0.3) is 5.57 Å². The molecule has 0 fully saturated rings. The predicted molar refractivity (Wildman–Crippen MR) is 99.8 cm³/mol. The first-order chi connectivity index (χ1) is 13.3. The highest BCUT2D eigenvalue weighted by Gasteiger charge is 2.31. The molecule has 0 saturated heterocycles. The third-order valence-corrected chi connectivity index (χ3v) is 3.90. The van der Waals surface area contributed by atoms with Crippen LogP contribution in [0.1, 0.15) is 50.5 Å². The molecule has 1 aromatic rings. The van der Waals surface area contributed by atoms with Gasteiger partial charge in [-0.2, -0.15) is 0 Å². The van der Waals surface area contributed by atoms with Gasteiger partial charge in [-0.1, -0.05) is 0 Å². The zero-order valence-corrected chi connectivity index (χ0v) is 16.5. The van der Waals surface area contributed by atoms with Crippen molar-refractivity contribution in [1.82, 2.24) is 0 Å². The molecule has 0 atom stereocenters. The largest absolute Gasteiger partial charge is 0.504 e. The van der Waals surface area contributed by atoms with Gasteiger partial charge in [-0.3, -0.25) is 24.0 Å². The fourth-order valence-electron chi connectivity index (χ4n) is 2.75. The molecule has 1 aromatic carbocycles. The first-order valence-corrected chi connectivity index (χ1v) is 8.35. The maximum absolute atomic E-state index is 12.3. The van der Waals surface area contributed by atoms with Crippen molar-refractivity contribution in [1.29, 1.82) is 0 Å². The molecule has 2 N–H and O–H groups in total. The monoisotopic (exact) mass is 404 g/mol. The second-order valence-corrected chi connectivity index (χ2v) is 6.28. The van der Waals surface area contributed by atoms with Crippen LogP contribution in [0.3, 0.4) is 0 Å². The summed E-state index contributed by atoms with van der Waals surface area (Å²) in [4.78, 5) is 71.3. The average Bonchev–Trinajstić information content (AvgIpc) is 2.56. The van der Waals surface area contributed by atoms with Gasteiger partial charge in [0.2, 0.25) is 6.10 Å². The van der Waals surface area contributed by atoms with Gasteiger partial charge < -0.3 is 14.9 Å². The number of phenolic OH excluding ortho intramolecular Hbond substituents is 1. The number of hydrogen-bond donors (Lipinski definition) is 2. The molecule has 0 aliphatic heterocycles. The Bertz CT molecular complexity index is 936. The molecule has 0 heterocycles. The molecular formula is C20H20O9. The number of phenols is 1. The Balaban J connectivity index is 4.02. The number of ether oxygens (including phenoxy) is 1. The number of carbonyl (C=O) groups is 6. The standard InChI is InChI=1S/C20H20O9/c1-8(21)15(17(10(3)23)20(27)28)13-6-7-14(26)19(16(13)9(2)22)29-18(11(4)24)12(5)25/h6-7,18,26H,1-5H3,(H,27,28). The van der Waals surface area contributed by atoms with Crippen molar-refractivity contribution in [2.24, 2.45) is 0 Å². The second kappa shape index (κ2) is 9.05. The lowest BCUT2D eigenvalue weighted by atomic mass is 9.89. The van der Waals surface area contributed by atoms with Crippen molar-refractivity contribution < 1.29 is 43.7 Å². The zero-order chi connectivity index (χ0) is 22.6. The van der Waals surface area contributed by atoms with E-state index in [1.54, 1.807) is 0 Å². The predicted octanol–water partition coefficient (Wildman–Crippen LogP) is 1.54. The quantitative estimate of drug-likeness (QED) is 0.270. The van der Waals surface area contributed by atoms with Gasteiger partial charge in [0.15, 0.2) is 40.4 Å². The summed E-state index contributed by atoms with van der Waals surface area (Å²) in [6.07, 6.45) is -1.63. The SMILES string of the molecule is CC(=O)C(C(=O)O)=C(C(C)=O)c1ccc(O)c(OC(C(C)=O)C(C)=O)c1C(C)=O. The molecule has 0 radical (unpaired) electrons. The molecule has 0 aliphatic rings. The highest BCUT2D eigenvalue weighted by Crippen LogP contribution is 2.38. The minimum Gasteiger partial charge on any atom is -0.504 e. The number of allylic oxidation sites excluding steroid dienone is 1. The molecule has 9 nitrogen and oxygen atoms in total. The van der Waals surface area contributed by atoms with E-state index in [4.69, 9.17) is 4.74 Å². The Kier molecular flexibility index (Phi) is 7.31. The van der Waals surface area contributed by atoms with Gasteiger partial charge in [0, 0.05) is 11.1 Å². The molecule has 0 bridgehead atoms. The zero-order valence-electron chi connectivity index (χ0n) is 16.5. The minimum absolute atomic E-state index is 0.281. The molecule has 0 unspecified atom stereocenters. The number of Topliss-reactive ketones (excluding diaryl/α,β-unsaturated/α-hetero) is 5. The van der Waals surface area contributed by atoms with E-state index in [2.05, 4.69) is 0 Å². The van der Waals surface area contributed by atoms with Crippen molar-refractivity contribution in [3.05, 3.63) is 28.8 Å². The van der Waals surface area contributed by atoms with Gasteiger partial charge in [0.05, 0.1) is 5.56 Å². The number of carbonyl (C=O) groups excluding carboxylic acids is 5. The summed E-state index contributed by atoms with van der Waals surface area (Å²) in [6, 6.07) is 2.08. The van der Waals surface area contributed by atoms with E-state index in [1.807, 2.05) is 0 Å². The number of carboxylic acids is 1. The Labute approximate surface area is 166 Å². The van der Waals surface area contributed by atoms with E-state index in [-0.39, 0.29) is 5.56 Å². The van der Waals surface area contributed by atoms with E-state index in [0.717, 1.165) is 46.8 Å². The molecule has 0 aromatic heterocycles. The van der Waals surface area contributed by atoms with E-state index >= 15 is 0 Å². The normalized spacial score (nSPS) is 11.5. The third-order valence-electron chi connectivity index (χ3n) is 3.90. The van der Waals surface area contributed by atoms with Crippen LogP contribution in [-0.2, 0) is 24.0 Å². The van der Waals surface area contributed by atoms with Crippen molar-refractivity contribution in [3.63, 3.8) is 0 Å². The van der Waals surface area contributed by atoms with Gasteiger partial charge in [-0.15, -0.1) is 0 Å². The molecular weight excluding hydrogens is 384 g/mol. The van der Waals surface area contributed by atoms with E-state index in [9.17, 15) is 39.0 Å². The number of rotatable bonds is 9. The number of aliphatic carboxylic acids is 1. The van der Waals surface area contributed by atoms with Crippen LogP contribution >= 0.6 is 0 Å². The van der Waals surface area contributed by atoms with Crippen LogP contribution in [0.4, 0.5) is 0 Å². The van der Waals surface area contributed by atoms with Crippen LogP contribution in [0.5, 0.6) is 11.5 Å². The third kappa shape index (κ3) is 5.01. The highest BCUT2D eigenvalue weighted by molar-refractivity contribution is 6.35. The first-order valence-electron chi connectivity index (χ1n) is 8.35. The van der Waals surface area contributed by atoms with Gasteiger partial charge in [0.25, 0.3) is 0 Å². The summed E-state index contributed by atoms with van der Waals surface area (Å²) in [5.74, 6) is -6.79. The topological polar surface area (TPSA) is 152 Å². The van der Waals surface area contributed by atoms with Crippen LogP contribution in [0.15, 0.2) is 17.7 Å². The van der Waals surface area contributed by atoms with E-state index in [0.29, 0.717) is 0 Å². The van der Waals surface area contributed by atoms with Gasteiger partial charge in [-0.25, -0.2) is 4.79 Å². The van der Waals surface area contributed by atoms with Crippen molar-refractivity contribution in [3.8, 4) is 11.5 Å². The summed E-state index contributed by atoms with van der Waals surface area (Å²) >= 11 is 0. The number of benzene rings is 1. The Morgan fingerprint density at radius 3 is 1.72 bits per heavy atom. The Morgan fingerprint density at radius 2 is 1.38 bits per heavy atom. The smallest absolute Gasteiger partial charge is 0.340 e. The van der Waals surface area contributed by atoms with Gasteiger partial charge in [-0.05, 0) is 46.8 Å². The molecule has 9 heteroatoms. The van der Waals surface area contributed by atoms with Crippen LogP contribution < -0.4 is 4.74 Å². The molecule has 29 heavy (non-hydrogen) atoms. The van der Waals surface area contributed by atoms with Crippen molar-refractivity contribution in [2.75, 3.05) is 0 Å². The summed E-state index contributed by atoms with van der Waals surface area (Å²) in [7, 11) is 0. The molecule has 0 spiro atoms. The number of hydrogen-bond acceptors (Lipinski definition) is 8. The Morgan fingerprint density at radius 1 is 0.862 bits per heavy atom. The second-order valence-electron chi connectivity index (χ2n) is 6.28. The maximum Gasteiger partial charge on any atom is 0.340 e. The number of ketones is 5. The van der Waals surface area contributed by atoms with Crippen molar-refractivity contribution in [2.45, 2.75) is 40.7 Å². The fourth-order valence-corrected chi connectivity index (χ4v) is 2.75. The summed E-state index contributed by atoms with van der Waals surface area (Å²) in [6.45, 7) is 5.14. The summed E-state index contributed by atoms with van der Waals surface area (Å²) in [5, 5.41) is 19.6. The lowest BCUT2D eigenvalue weighted by molar-refractivity contribution is -0.135. The summed E-state index contributed by atoms with van der Waals surface area (Å²) < 4.78 is 5.30. The first kappa shape index (κ1) is 23.4. The number of aromatic hydroxyl groups is 1. The molecule has 1 rings (SSSR count). The highest BCUT2D eigenvalue weighted by atomic mass is 16.5. The summed E-state index contributed by atoms with van der Waals surface area (Å²) in [5.41, 5.74) is -2.15. The fraction of sp³-hybridized carbons (Fsp3) is 0.300. The van der Waals surface area contributed by atoms with Gasteiger partial charge in [0.1, 0.15) is 5.57 Å². The number of carboxylic acid groups (broad SMARTS) is 1. The van der Waals surface area contributed by atoms with Crippen molar-refractivity contribution >= 4 is 40.5 Å². The molecule has 154 valence electrons. The molecule has 0 amide bonds. The van der Waals surface area contributed by atoms with Gasteiger partial charge >= 0.3 is 5.97 Å². The van der Waals surface area contributed by atoms with Crippen LogP contribution in [0.2, 0.25) is 0 Å². The molecule has 0 aliphatic carbocycles. The lowest BCUT2D eigenvalue weighted by Gasteiger charge is -2.20. The minimum atomic E-state index is -1.68.